The Hall–Kier alpha value is -3.67. The summed E-state index contributed by atoms with van der Waals surface area (Å²) in [5, 5.41) is 11.7. The highest BCUT2D eigenvalue weighted by Gasteiger charge is 2.09. The van der Waals surface area contributed by atoms with Gasteiger partial charge in [0.2, 0.25) is 0 Å². The Kier molecular flexibility index (Phi) is 5.75. The van der Waals surface area contributed by atoms with E-state index in [4.69, 9.17) is 0 Å². The lowest BCUT2D eigenvalue weighted by molar-refractivity contribution is 0.102. The molecule has 0 saturated heterocycles. The summed E-state index contributed by atoms with van der Waals surface area (Å²) >= 11 is 0. The van der Waals surface area contributed by atoms with Gasteiger partial charge in [0.25, 0.3) is 5.91 Å². The second-order valence-electron chi connectivity index (χ2n) is 7.46. The molecular weight excluding hydrogens is 374 g/mol. The van der Waals surface area contributed by atoms with Crippen molar-refractivity contribution in [3.8, 4) is 0 Å². The van der Waals surface area contributed by atoms with E-state index in [9.17, 15) is 4.79 Å². The van der Waals surface area contributed by atoms with E-state index >= 15 is 0 Å². The van der Waals surface area contributed by atoms with Gasteiger partial charge in [-0.25, -0.2) is 0 Å². The minimum Gasteiger partial charge on any atom is -0.319 e. The summed E-state index contributed by atoms with van der Waals surface area (Å²) in [4.78, 5) is 12.6. The molecule has 6 heteroatoms. The quantitative estimate of drug-likeness (QED) is 0.506. The van der Waals surface area contributed by atoms with Gasteiger partial charge in [-0.05, 0) is 49.6 Å². The largest absolute Gasteiger partial charge is 0.319 e. The van der Waals surface area contributed by atoms with Gasteiger partial charge in [-0.3, -0.25) is 14.2 Å². The van der Waals surface area contributed by atoms with Crippen LogP contribution in [-0.4, -0.2) is 25.5 Å². The Morgan fingerprint density at radius 1 is 1.00 bits per heavy atom. The molecule has 4 rings (SSSR count). The van der Waals surface area contributed by atoms with Crippen molar-refractivity contribution < 1.29 is 4.79 Å². The summed E-state index contributed by atoms with van der Waals surface area (Å²) in [6.07, 6.45) is 4.44. The first-order valence-electron chi connectivity index (χ1n) is 10.0. The van der Waals surface area contributed by atoms with E-state index in [0.29, 0.717) is 17.8 Å². The molecule has 0 fully saturated rings. The number of amides is 1. The van der Waals surface area contributed by atoms with Crippen LogP contribution in [0.4, 0.5) is 5.69 Å². The molecule has 0 aliphatic heterocycles. The smallest absolute Gasteiger partial charge is 0.255 e. The van der Waals surface area contributed by atoms with Crippen LogP contribution in [0, 0.1) is 13.8 Å². The molecule has 1 amide bonds. The third kappa shape index (κ3) is 4.84. The summed E-state index contributed by atoms with van der Waals surface area (Å²) in [7, 11) is 0. The molecule has 0 aliphatic rings. The lowest BCUT2D eigenvalue weighted by atomic mass is 10.1. The summed E-state index contributed by atoms with van der Waals surface area (Å²) in [6, 6.07) is 20.0. The lowest BCUT2D eigenvalue weighted by Crippen LogP contribution is -2.12. The molecule has 6 nitrogen and oxygen atoms in total. The average molecular weight is 399 g/mol. The van der Waals surface area contributed by atoms with Gasteiger partial charge < -0.3 is 5.32 Å². The maximum absolute atomic E-state index is 12.6. The van der Waals surface area contributed by atoms with Gasteiger partial charge in [0.15, 0.2) is 0 Å². The zero-order valence-electron chi connectivity index (χ0n) is 17.2. The fraction of sp³-hybridized carbons (Fsp3) is 0.208. The summed E-state index contributed by atoms with van der Waals surface area (Å²) < 4.78 is 3.81. The predicted octanol–water partition coefficient (Wildman–Crippen LogP) is 4.24. The van der Waals surface area contributed by atoms with E-state index in [1.165, 1.54) is 5.56 Å². The minimum absolute atomic E-state index is 0.143. The first-order chi connectivity index (χ1) is 14.6. The maximum atomic E-state index is 12.6. The third-order valence-corrected chi connectivity index (χ3v) is 5.02. The fourth-order valence-electron chi connectivity index (χ4n) is 3.41. The Morgan fingerprint density at radius 3 is 2.47 bits per heavy atom. The van der Waals surface area contributed by atoms with Crippen molar-refractivity contribution in [1.82, 2.24) is 19.6 Å². The number of benzene rings is 2. The van der Waals surface area contributed by atoms with Crippen LogP contribution in [0.1, 0.15) is 32.9 Å². The summed E-state index contributed by atoms with van der Waals surface area (Å²) in [6.45, 7) is 5.49. The normalized spacial score (nSPS) is 10.9. The average Bonchev–Trinajstić information content (AvgIpc) is 3.33. The van der Waals surface area contributed by atoms with E-state index in [2.05, 4.69) is 33.7 Å². The zero-order valence-corrected chi connectivity index (χ0v) is 17.2. The third-order valence-electron chi connectivity index (χ3n) is 5.02. The number of carbonyl (C=O) groups excluding carboxylic acids is 1. The zero-order chi connectivity index (χ0) is 20.9. The monoisotopic (exact) mass is 399 g/mol. The van der Waals surface area contributed by atoms with E-state index in [1.807, 2.05) is 71.9 Å². The number of rotatable bonds is 7. The fourth-order valence-corrected chi connectivity index (χ4v) is 3.41. The molecule has 0 radical (unpaired) electrons. The van der Waals surface area contributed by atoms with Crippen molar-refractivity contribution >= 4 is 11.6 Å². The predicted molar refractivity (Wildman–Crippen MR) is 118 cm³/mol. The molecular formula is C24H25N5O. The number of nitrogens with zero attached hydrogens (tertiary/aromatic N) is 4. The standard InChI is InChI=1S/C24H25N5O/c1-18-14-19(2)29(27-18)16-21-8-10-22(11-9-21)24(30)26-23-15-25-28(17-23)13-12-20-6-4-3-5-7-20/h3-11,14-15,17H,12-13,16H2,1-2H3,(H,26,30). The summed E-state index contributed by atoms with van der Waals surface area (Å²) in [5.41, 5.74) is 5.81. The lowest BCUT2D eigenvalue weighted by Gasteiger charge is -2.07. The number of hydrogen-bond donors (Lipinski definition) is 1. The number of aryl methyl sites for hydroxylation is 4. The van der Waals surface area contributed by atoms with Gasteiger partial charge in [0.05, 0.1) is 24.1 Å². The van der Waals surface area contributed by atoms with Crippen molar-refractivity contribution in [2.45, 2.75) is 33.4 Å². The van der Waals surface area contributed by atoms with E-state index in [1.54, 1.807) is 6.20 Å². The summed E-state index contributed by atoms with van der Waals surface area (Å²) in [5.74, 6) is -0.143. The van der Waals surface area contributed by atoms with Crippen molar-refractivity contribution in [2.75, 3.05) is 5.32 Å². The van der Waals surface area contributed by atoms with Crippen LogP contribution in [0.15, 0.2) is 73.1 Å². The Labute approximate surface area is 176 Å². The maximum Gasteiger partial charge on any atom is 0.255 e. The van der Waals surface area contributed by atoms with Gasteiger partial charge in [-0.1, -0.05) is 42.5 Å². The molecule has 0 aliphatic carbocycles. The molecule has 4 aromatic rings. The molecule has 1 N–H and O–H groups in total. The molecule has 2 heterocycles. The minimum atomic E-state index is -0.143. The Balaban J connectivity index is 1.33. The number of hydrogen-bond acceptors (Lipinski definition) is 3. The molecule has 152 valence electrons. The van der Waals surface area contributed by atoms with Gasteiger partial charge >= 0.3 is 0 Å². The first kappa shape index (κ1) is 19.6. The van der Waals surface area contributed by atoms with Crippen LogP contribution in [0.3, 0.4) is 0 Å². The molecule has 0 saturated carbocycles. The first-order valence-corrected chi connectivity index (χ1v) is 10.0. The second kappa shape index (κ2) is 8.78. The van der Waals surface area contributed by atoms with Crippen molar-refractivity contribution in [3.63, 3.8) is 0 Å². The Bertz CT molecular complexity index is 1130. The highest BCUT2D eigenvalue weighted by molar-refractivity contribution is 6.04. The Morgan fingerprint density at radius 2 is 1.77 bits per heavy atom. The molecule has 0 bridgehead atoms. The van der Waals surface area contributed by atoms with Crippen LogP contribution >= 0.6 is 0 Å². The highest BCUT2D eigenvalue weighted by Crippen LogP contribution is 2.12. The van der Waals surface area contributed by atoms with Crippen LogP contribution in [-0.2, 0) is 19.5 Å². The van der Waals surface area contributed by atoms with E-state index in [0.717, 1.165) is 29.9 Å². The molecule has 0 atom stereocenters. The van der Waals surface area contributed by atoms with Crippen LogP contribution in [0.25, 0.3) is 0 Å². The molecule has 2 aromatic heterocycles. The van der Waals surface area contributed by atoms with Gasteiger partial charge in [-0.2, -0.15) is 10.2 Å². The molecule has 0 unspecified atom stereocenters. The van der Waals surface area contributed by atoms with Crippen molar-refractivity contribution in [2.24, 2.45) is 0 Å². The van der Waals surface area contributed by atoms with Gasteiger partial charge in [0.1, 0.15) is 0 Å². The number of aromatic nitrogens is 4. The molecule has 0 spiro atoms. The van der Waals surface area contributed by atoms with Crippen molar-refractivity contribution in [3.05, 3.63) is 101 Å². The van der Waals surface area contributed by atoms with E-state index < -0.39 is 0 Å². The van der Waals surface area contributed by atoms with Crippen molar-refractivity contribution in [1.29, 1.82) is 0 Å². The second-order valence-corrected chi connectivity index (χ2v) is 7.46. The number of nitrogens with one attached hydrogen (secondary N) is 1. The SMILES string of the molecule is Cc1cc(C)n(Cc2ccc(C(=O)Nc3cnn(CCc4ccccc4)c3)cc2)n1. The number of anilines is 1. The van der Waals surface area contributed by atoms with Crippen LogP contribution < -0.4 is 5.32 Å². The molecule has 30 heavy (non-hydrogen) atoms. The van der Waals surface area contributed by atoms with Crippen LogP contribution in [0.5, 0.6) is 0 Å². The van der Waals surface area contributed by atoms with Gasteiger partial charge in [-0.15, -0.1) is 0 Å². The van der Waals surface area contributed by atoms with Crippen LogP contribution in [0.2, 0.25) is 0 Å². The topological polar surface area (TPSA) is 64.7 Å². The number of carbonyl (C=O) groups is 1. The molecule has 2 aromatic carbocycles. The highest BCUT2D eigenvalue weighted by atomic mass is 16.1. The van der Waals surface area contributed by atoms with Gasteiger partial charge in [0, 0.05) is 24.0 Å². The van der Waals surface area contributed by atoms with E-state index in [-0.39, 0.29) is 5.91 Å².